The predicted molar refractivity (Wildman–Crippen MR) is 174 cm³/mol. The van der Waals surface area contributed by atoms with Gasteiger partial charge in [-0.1, -0.05) is 48.5 Å². The number of phenolic OH excluding ortho intramolecular Hbond substituents is 1. The van der Waals surface area contributed by atoms with Gasteiger partial charge in [-0.3, -0.25) is 14.9 Å². The number of aliphatic hydroxyl groups excluding tert-OH is 1. The van der Waals surface area contributed by atoms with Crippen LogP contribution in [0.1, 0.15) is 49.3 Å². The first-order chi connectivity index (χ1) is 21.8. The van der Waals surface area contributed by atoms with Gasteiger partial charge < -0.3 is 30.9 Å². The number of benzene rings is 3. The van der Waals surface area contributed by atoms with Gasteiger partial charge in [0.15, 0.2) is 0 Å². The first kappa shape index (κ1) is 31.7. The Morgan fingerprint density at radius 3 is 2.49 bits per heavy atom. The van der Waals surface area contributed by atoms with Crippen molar-refractivity contribution < 1.29 is 24.9 Å². The highest BCUT2D eigenvalue weighted by Crippen LogP contribution is 2.31. The van der Waals surface area contributed by atoms with E-state index in [4.69, 9.17) is 0 Å². The van der Waals surface area contributed by atoms with Crippen LogP contribution in [0.2, 0.25) is 0 Å². The first-order valence-electron chi connectivity index (χ1n) is 15.5. The molecule has 1 aliphatic rings. The molecule has 5 rings (SSSR count). The number of amides is 2. The fourth-order valence-corrected chi connectivity index (χ4v) is 6.20. The van der Waals surface area contributed by atoms with Gasteiger partial charge in [0.1, 0.15) is 5.75 Å². The first-order valence-corrected chi connectivity index (χ1v) is 15.5. The second-order valence-corrected chi connectivity index (χ2v) is 11.7. The lowest BCUT2D eigenvalue weighted by atomic mass is 9.81. The van der Waals surface area contributed by atoms with E-state index in [1.807, 2.05) is 48.5 Å². The zero-order valence-electron chi connectivity index (χ0n) is 25.1. The molecule has 0 radical (unpaired) electrons. The summed E-state index contributed by atoms with van der Waals surface area (Å²) in [4.78, 5) is 38.5. The summed E-state index contributed by atoms with van der Waals surface area (Å²) < 4.78 is 0. The third kappa shape index (κ3) is 8.29. The molecule has 236 valence electrons. The van der Waals surface area contributed by atoms with Gasteiger partial charge >= 0.3 is 6.09 Å². The standard InChI is InChI=1S/C35H40N4O6/c40-30-16-14-27(28-15-17-32(42)39-33(28)30)31(41)21-36-20-23-8-11-25(12-9-23)34(43)37-18-4-5-22-10-13-26(24-6-2-1-3-7-24)29(19-22)38-35(44)45/h1-3,6-7,10,13-17,19,23,25,31,36,38,40-41H,4-5,8-9,11-12,18,20-21H2,(H,37,43)(H,39,42)(H,44,45)/t23?,25?,31-/m0/s1. The van der Waals surface area contributed by atoms with Crippen LogP contribution < -0.4 is 21.5 Å². The van der Waals surface area contributed by atoms with Gasteiger partial charge in [-0.05, 0) is 85.9 Å². The topological polar surface area (TPSA) is 164 Å². The quantitative estimate of drug-likeness (QED) is 0.109. The van der Waals surface area contributed by atoms with Crippen molar-refractivity contribution in [2.75, 3.05) is 25.0 Å². The Morgan fingerprint density at radius 2 is 1.73 bits per heavy atom. The molecule has 45 heavy (non-hydrogen) atoms. The van der Waals surface area contributed by atoms with Crippen molar-refractivity contribution in [3.63, 3.8) is 0 Å². The second-order valence-electron chi connectivity index (χ2n) is 11.7. The molecule has 0 unspecified atom stereocenters. The number of H-pyrrole nitrogens is 1. The van der Waals surface area contributed by atoms with Crippen molar-refractivity contribution in [3.8, 4) is 16.9 Å². The number of carboxylic acid groups (broad SMARTS) is 1. The van der Waals surface area contributed by atoms with Crippen molar-refractivity contribution in [3.05, 3.63) is 94.3 Å². The van der Waals surface area contributed by atoms with E-state index >= 15 is 0 Å². The van der Waals surface area contributed by atoms with E-state index in [1.165, 1.54) is 12.1 Å². The fraction of sp³-hybridized carbons (Fsp3) is 0.343. The highest BCUT2D eigenvalue weighted by atomic mass is 16.4. The lowest BCUT2D eigenvalue weighted by Gasteiger charge is -2.28. The maximum absolute atomic E-state index is 12.8. The van der Waals surface area contributed by atoms with E-state index in [9.17, 15) is 29.7 Å². The minimum absolute atomic E-state index is 0.00566. The largest absolute Gasteiger partial charge is 0.506 e. The number of pyridine rings is 1. The summed E-state index contributed by atoms with van der Waals surface area (Å²) in [7, 11) is 0. The van der Waals surface area contributed by atoms with Crippen LogP contribution in [0.4, 0.5) is 10.5 Å². The molecule has 1 saturated carbocycles. The van der Waals surface area contributed by atoms with Crippen LogP contribution in [0.25, 0.3) is 22.0 Å². The summed E-state index contributed by atoms with van der Waals surface area (Å²) in [6.07, 6.45) is 3.05. The number of carbonyl (C=O) groups excluding carboxylic acids is 1. The number of nitrogens with one attached hydrogen (secondary N) is 4. The molecular formula is C35H40N4O6. The van der Waals surface area contributed by atoms with Crippen molar-refractivity contribution >= 4 is 28.6 Å². The maximum atomic E-state index is 12.8. The molecule has 10 heteroatoms. The van der Waals surface area contributed by atoms with E-state index < -0.39 is 12.2 Å². The number of phenols is 1. The monoisotopic (exact) mass is 612 g/mol. The molecule has 1 fully saturated rings. The fourth-order valence-electron chi connectivity index (χ4n) is 6.20. The number of aromatic amines is 1. The Hall–Kier alpha value is -4.67. The Kier molecular flexibility index (Phi) is 10.5. The Morgan fingerprint density at radius 1 is 0.956 bits per heavy atom. The normalized spacial score (nSPS) is 17.1. The smallest absolute Gasteiger partial charge is 0.409 e. The highest BCUT2D eigenvalue weighted by Gasteiger charge is 2.26. The van der Waals surface area contributed by atoms with Gasteiger partial charge in [-0.15, -0.1) is 0 Å². The minimum Gasteiger partial charge on any atom is -0.506 e. The van der Waals surface area contributed by atoms with Crippen molar-refractivity contribution in [2.24, 2.45) is 11.8 Å². The zero-order valence-corrected chi connectivity index (χ0v) is 25.1. The lowest BCUT2D eigenvalue weighted by molar-refractivity contribution is -0.126. The van der Waals surface area contributed by atoms with Crippen LogP contribution in [0.15, 0.2) is 77.6 Å². The number of anilines is 1. The molecule has 1 aromatic heterocycles. The van der Waals surface area contributed by atoms with E-state index in [0.717, 1.165) is 55.3 Å². The van der Waals surface area contributed by atoms with Crippen molar-refractivity contribution in [1.82, 2.24) is 15.6 Å². The van der Waals surface area contributed by atoms with Gasteiger partial charge in [-0.2, -0.15) is 0 Å². The van der Waals surface area contributed by atoms with Crippen LogP contribution in [0.3, 0.4) is 0 Å². The number of aliphatic hydroxyl groups is 1. The molecule has 1 aliphatic carbocycles. The molecule has 0 aliphatic heterocycles. The zero-order chi connectivity index (χ0) is 31.8. The van der Waals surface area contributed by atoms with Crippen molar-refractivity contribution in [1.29, 1.82) is 0 Å². The number of fused-ring (bicyclic) bond motifs is 1. The molecule has 0 spiro atoms. The number of aryl methyl sites for hydroxylation is 1. The number of aromatic hydroxyl groups is 1. The third-order valence-electron chi connectivity index (χ3n) is 8.61. The summed E-state index contributed by atoms with van der Waals surface area (Å²) in [6, 6.07) is 21.6. The van der Waals surface area contributed by atoms with Gasteiger partial charge in [0, 0.05) is 36.0 Å². The number of rotatable bonds is 12. The third-order valence-corrected chi connectivity index (χ3v) is 8.61. The molecule has 0 saturated heterocycles. The number of hydrogen-bond donors (Lipinski definition) is 7. The molecule has 7 N–H and O–H groups in total. The molecular weight excluding hydrogens is 572 g/mol. The van der Waals surface area contributed by atoms with E-state index in [1.54, 1.807) is 12.1 Å². The number of hydrogen-bond acceptors (Lipinski definition) is 6. The Balaban J connectivity index is 1.02. The molecule has 1 heterocycles. The predicted octanol–water partition coefficient (Wildman–Crippen LogP) is 5.17. The summed E-state index contributed by atoms with van der Waals surface area (Å²) in [5, 5.41) is 39.7. The van der Waals surface area contributed by atoms with Crippen LogP contribution in [0, 0.1) is 11.8 Å². The number of carbonyl (C=O) groups is 2. The summed E-state index contributed by atoms with van der Waals surface area (Å²) in [5.41, 5.74) is 3.93. The van der Waals surface area contributed by atoms with Gasteiger partial charge in [-0.25, -0.2) is 4.79 Å². The Bertz CT molecular complexity index is 1680. The molecule has 0 bridgehead atoms. The average Bonchev–Trinajstić information content (AvgIpc) is 3.04. The highest BCUT2D eigenvalue weighted by molar-refractivity contribution is 5.91. The minimum atomic E-state index is -1.11. The SMILES string of the molecule is O=C(O)Nc1cc(CCCNC(=O)C2CCC(CNC[C@H](O)c3ccc(O)c4[nH]c(=O)ccc34)CC2)ccc1-c1ccccc1. The Labute approximate surface area is 261 Å². The van der Waals surface area contributed by atoms with Gasteiger partial charge in [0.05, 0.1) is 17.3 Å². The van der Waals surface area contributed by atoms with Crippen LogP contribution in [-0.4, -0.2) is 51.9 Å². The number of aromatic nitrogens is 1. The van der Waals surface area contributed by atoms with E-state index in [-0.39, 0.29) is 23.1 Å². The lowest BCUT2D eigenvalue weighted by Crippen LogP contribution is -2.36. The van der Waals surface area contributed by atoms with Crippen LogP contribution in [-0.2, 0) is 11.2 Å². The van der Waals surface area contributed by atoms with Crippen LogP contribution in [0.5, 0.6) is 5.75 Å². The van der Waals surface area contributed by atoms with E-state index in [0.29, 0.717) is 47.6 Å². The van der Waals surface area contributed by atoms with Gasteiger partial charge in [0.25, 0.3) is 0 Å². The van der Waals surface area contributed by atoms with Gasteiger partial charge in [0.2, 0.25) is 11.5 Å². The second kappa shape index (κ2) is 14.9. The average molecular weight is 613 g/mol. The van der Waals surface area contributed by atoms with E-state index in [2.05, 4.69) is 20.9 Å². The van der Waals surface area contributed by atoms with Crippen molar-refractivity contribution in [2.45, 2.75) is 44.6 Å². The van der Waals surface area contributed by atoms with Crippen LogP contribution >= 0.6 is 0 Å². The maximum Gasteiger partial charge on any atom is 0.409 e. The molecule has 4 aromatic rings. The summed E-state index contributed by atoms with van der Waals surface area (Å²) in [5.74, 6) is 0.461. The molecule has 10 nitrogen and oxygen atoms in total. The summed E-state index contributed by atoms with van der Waals surface area (Å²) >= 11 is 0. The molecule has 3 aromatic carbocycles. The summed E-state index contributed by atoms with van der Waals surface area (Å²) in [6.45, 7) is 1.63. The molecule has 2 amide bonds. The molecule has 1 atom stereocenters.